The van der Waals surface area contributed by atoms with E-state index < -0.39 is 5.60 Å². The summed E-state index contributed by atoms with van der Waals surface area (Å²) in [5, 5.41) is 0. The molecule has 1 fully saturated rings. The quantitative estimate of drug-likeness (QED) is 0.815. The fourth-order valence-corrected chi connectivity index (χ4v) is 3.04. The molecular formula is C20H24N4O3. The Kier molecular flexibility index (Phi) is 5.39. The van der Waals surface area contributed by atoms with Gasteiger partial charge in [-0.1, -0.05) is 6.07 Å². The molecule has 0 radical (unpaired) electrons. The first-order valence-electron chi connectivity index (χ1n) is 8.94. The Morgan fingerprint density at radius 2 is 1.81 bits per heavy atom. The molecule has 2 aromatic heterocycles. The molecule has 3 rings (SSSR count). The minimum atomic E-state index is -0.565. The van der Waals surface area contributed by atoms with E-state index in [2.05, 4.69) is 9.97 Å². The van der Waals surface area contributed by atoms with Crippen molar-refractivity contribution in [2.45, 2.75) is 32.4 Å². The van der Waals surface area contributed by atoms with Gasteiger partial charge >= 0.3 is 6.09 Å². The number of piperazine rings is 1. The van der Waals surface area contributed by atoms with Crippen molar-refractivity contribution in [2.24, 2.45) is 0 Å². The van der Waals surface area contributed by atoms with Gasteiger partial charge in [-0.2, -0.15) is 0 Å². The van der Waals surface area contributed by atoms with E-state index in [1.54, 1.807) is 46.7 Å². The molecule has 0 aromatic carbocycles. The summed E-state index contributed by atoms with van der Waals surface area (Å²) in [5.41, 5.74) is 0.892. The number of carbonyl (C=O) groups excluding carboxylic acids is 2. The van der Waals surface area contributed by atoms with Crippen LogP contribution in [-0.4, -0.2) is 57.0 Å². The van der Waals surface area contributed by atoms with E-state index in [9.17, 15) is 9.59 Å². The zero-order chi connectivity index (χ0) is 19.4. The third-order valence-corrected chi connectivity index (χ3v) is 4.29. The summed E-state index contributed by atoms with van der Waals surface area (Å²) >= 11 is 0. The average Bonchev–Trinajstić information content (AvgIpc) is 2.67. The maximum atomic E-state index is 13.0. The fraction of sp³-hybridized carbons (Fsp3) is 0.400. The molecule has 1 saturated heterocycles. The largest absolute Gasteiger partial charge is 0.444 e. The summed E-state index contributed by atoms with van der Waals surface area (Å²) in [6.45, 7) is 6.71. The molecule has 142 valence electrons. The van der Waals surface area contributed by atoms with Crippen LogP contribution in [0.4, 0.5) is 4.79 Å². The molecule has 2 amide bonds. The highest BCUT2D eigenvalue weighted by Crippen LogP contribution is 2.27. The zero-order valence-corrected chi connectivity index (χ0v) is 15.8. The van der Waals surface area contributed by atoms with Gasteiger partial charge in [-0.25, -0.2) is 4.79 Å². The Hall–Kier alpha value is -2.96. The molecule has 0 bridgehead atoms. The Morgan fingerprint density at radius 3 is 2.44 bits per heavy atom. The molecule has 27 heavy (non-hydrogen) atoms. The number of hydrogen-bond donors (Lipinski definition) is 0. The number of hydrogen-bond acceptors (Lipinski definition) is 5. The standard InChI is InChI=1S/C20H24N4O3/c1-20(2,3)27-19(26)23-11-12-24(18(25)15-6-9-21-10-7-15)17(14-23)16-5-4-8-22-13-16/h4-10,13,17H,11-12,14H2,1-3H3/t17-/m0/s1. The van der Waals surface area contributed by atoms with Gasteiger partial charge in [0.2, 0.25) is 0 Å². The minimum Gasteiger partial charge on any atom is -0.444 e. The van der Waals surface area contributed by atoms with E-state index in [1.807, 2.05) is 32.9 Å². The minimum absolute atomic E-state index is 0.0879. The SMILES string of the molecule is CC(C)(C)OC(=O)N1CCN(C(=O)c2ccncc2)[C@H](c2cccnc2)C1. The normalized spacial score (nSPS) is 17.5. The van der Waals surface area contributed by atoms with Crippen molar-refractivity contribution in [3.8, 4) is 0 Å². The summed E-state index contributed by atoms with van der Waals surface area (Å²) in [6.07, 6.45) is 6.25. The Morgan fingerprint density at radius 1 is 1.07 bits per heavy atom. The predicted molar refractivity (Wildman–Crippen MR) is 100 cm³/mol. The maximum Gasteiger partial charge on any atom is 0.410 e. The highest BCUT2D eigenvalue weighted by Gasteiger charge is 2.35. The van der Waals surface area contributed by atoms with Gasteiger partial charge in [0.05, 0.1) is 6.04 Å². The van der Waals surface area contributed by atoms with E-state index >= 15 is 0 Å². The van der Waals surface area contributed by atoms with E-state index in [1.165, 1.54) is 0 Å². The van der Waals surface area contributed by atoms with E-state index in [-0.39, 0.29) is 18.0 Å². The molecule has 2 aromatic rings. The summed E-state index contributed by atoms with van der Waals surface area (Å²) in [6, 6.07) is 6.85. The van der Waals surface area contributed by atoms with Crippen molar-refractivity contribution in [3.63, 3.8) is 0 Å². The number of rotatable bonds is 2. The smallest absolute Gasteiger partial charge is 0.410 e. The van der Waals surface area contributed by atoms with Gasteiger partial charge in [0.1, 0.15) is 5.60 Å². The number of nitrogens with zero attached hydrogens (tertiary/aromatic N) is 4. The first kappa shape index (κ1) is 18.8. The number of carbonyl (C=O) groups is 2. The first-order valence-corrected chi connectivity index (χ1v) is 8.94. The van der Waals surface area contributed by atoms with Crippen LogP contribution in [-0.2, 0) is 4.74 Å². The number of amides is 2. The summed E-state index contributed by atoms with van der Waals surface area (Å²) in [5.74, 6) is -0.0879. The second-order valence-corrected chi connectivity index (χ2v) is 7.46. The van der Waals surface area contributed by atoms with Gasteiger partial charge in [-0.3, -0.25) is 14.8 Å². The van der Waals surface area contributed by atoms with E-state index in [0.717, 1.165) is 5.56 Å². The van der Waals surface area contributed by atoms with Crippen LogP contribution < -0.4 is 0 Å². The van der Waals surface area contributed by atoms with Crippen LogP contribution in [0.2, 0.25) is 0 Å². The topological polar surface area (TPSA) is 75.6 Å². The monoisotopic (exact) mass is 368 g/mol. The lowest BCUT2D eigenvalue weighted by molar-refractivity contribution is 0.00405. The van der Waals surface area contributed by atoms with Crippen LogP contribution in [0.3, 0.4) is 0 Å². The van der Waals surface area contributed by atoms with Gasteiger partial charge in [0.25, 0.3) is 5.91 Å². The maximum absolute atomic E-state index is 13.0. The van der Waals surface area contributed by atoms with Gasteiger partial charge in [-0.05, 0) is 44.5 Å². The molecule has 0 aliphatic carbocycles. The lowest BCUT2D eigenvalue weighted by Gasteiger charge is -2.41. The van der Waals surface area contributed by atoms with Crippen LogP contribution in [0.1, 0.15) is 42.7 Å². The summed E-state index contributed by atoms with van der Waals surface area (Å²) < 4.78 is 5.50. The molecule has 0 unspecified atom stereocenters. The third-order valence-electron chi connectivity index (χ3n) is 4.29. The van der Waals surface area contributed by atoms with Crippen molar-refractivity contribution >= 4 is 12.0 Å². The Bertz CT molecular complexity index is 790. The third kappa shape index (κ3) is 4.61. The van der Waals surface area contributed by atoms with Crippen LogP contribution in [0.5, 0.6) is 0 Å². The van der Waals surface area contributed by atoms with Crippen LogP contribution in [0, 0.1) is 0 Å². The second kappa shape index (κ2) is 7.73. The molecule has 0 spiro atoms. The molecule has 1 atom stereocenters. The Labute approximate surface area is 159 Å². The van der Waals surface area contributed by atoms with Crippen molar-refractivity contribution in [1.29, 1.82) is 0 Å². The van der Waals surface area contributed by atoms with Crippen molar-refractivity contribution < 1.29 is 14.3 Å². The van der Waals surface area contributed by atoms with Crippen molar-refractivity contribution in [2.75, 3.05) is 19.6 Å². The van der Waals surface area contributed by atoms with Gasteiger partial charge in [0.15, 0.2) is 0 Å². The van der Waals surface area contributed by atoms with Crippen LogP contribution in [0.15, 0.2) is 49.1 Å². The van der Waals surface area contributed by atoms with Crippen LogP contribution in [0.25, 0.3) is 0 Å². The van der Waals surface area contributed by atoms with Crippen LogP contribution >= 0.6 is 0 Å². The predicted octanol–water partition coefficient (Wildman–Crippen LogP) is 2.91. The van der Waals surface area contributed by atoms with Gasteiger partial charge < -0.3 is 14.5 Å². The molecule has 0 saturated carbocycles. The molecule has 0 N–H and O–H groups in total. The highest BCUT2D eigenvalue weighted by atomic mass is 16.6. The number of pyridine rings is 2. The summed E-state index contributed by atoms with van der Waals surface area (Å²) in [7, 11) is 0. The van der Waals surface area contributed by atoms with E-state index in [0.29, 0.717) is 25.2 Å². The molecule has 3 heterocycles. The van der Waals surface area contributed by atoms with Crippen molar-refractivity contribution in [1.82, 2.24) is 19.8 Å². The second-order valence-electron chi connectivity index (χ2n) is 7.46. The van der Waals surface area contributed by atoms with E-state index in [4.69, 9.17) is 4.74 Å². The first-order chi connectivity index (χ1) is 12.8. The fourth-order valence-electron chi connectivity index (χ4n) is 3.04. The average molecular weight is 368 g/mol. The molecule has 7 heteroatoms. The Balaban J connectivity index is 1.85. The number of aromatic nitrogens is 2. The molecule has 1 aliphatic rings. The number of ether oxygens (including phenoxy) is 1. The lowest BCUT2D eigenvalue weighted by Crippen LogP contribution is -2.53. The van der Waals surface area contributed by atoms with Gasteiger partial charge in [-0.15, -0.1) is 0 Å². The molecule has 7 nitrogen and oxygen atoms in total. The highest BCUT2D eigenvalue weighted by molar-refractivity contribution is 5.94. The van der Waals surface area contributed by atoms with Gasteiger partial charge in [0, 0.05) is 50.0 Å². The lowest BCUT2D eigenvalue weighted by atomic mass is 10.0. The van der Waals surface area contributed by atoms with Crippen molar-refractivity contribution in [3.05, 3.63) is 60.2 Å². The molecular weight excluding hydrogens is 344 g/mol. The zero-order valence-electron chi connectivity index (χ0n) is 15.8. The molecule has 1 aliphatic heterocycles. The summed E-state index contributed by atoms with van der Waals surface area (Å²) in [4.78, 5) is 37.1.